The van der Waals surface area contributed by atoms with Gasteiger partial charge in [0, 0.05) is 5.57 Å². The second-order valence-corrected chi connectivity index (χ2v) is 9.54. The fourth-order valence-corrected chi connectivity index (χ4v) is 4.13. The molecule has 0 saturated heterocycles. The lowest BCUT2D eigenvalue weighted by atomic mass is 10.0. The van der Waals surface area contributed by atoms with Crippen LogP contribution in [0.4, 0.5) is 0 Å². The molecule has 35 heavy (non-hydrogen) atoms. The van der Waals surface area contributed by atoms with Crippen LogP contribution in [0.3, 0.4) is 0 Å². The summed E-state index contributed by atoms with van der Waals surface area (Å²) in [5.41, 5.74) is 1.52. The molecule has 0 aromatic heterocycles. The Morgan fingerprint density at radius 2 is 1.17 bits per heavy atom. The van der Waals surface area contributed by atoms with E-state index in [0.717, 1.165) is 24.3 Å². The highest BCUT2D eigenvalue weighted by Gasteiger charge is 2.07. The molecule has 2 rings (SSSR count). The van der Waals surface area contributed by atoms with Gasteiger partial charge in [0.25, 0.3) is 0 Å². The van der Waals surface area contributed by atoms with Gasteiger partial charge in [-0.05, 0) is 49.2 Å². The molecule has 3 nitrogen and oxygen atoms in total. The van der Waals surface area contributed by atoms with E-state index in [0.29, 0.717) is 11.3 Å². The minimum Gasteiger partial charge on any atom is -0.494 e. The van der Waals surface area contributed by atoms with Crippen molar-refractivity contribution in [3.8, 4) is 11.5 Å². The van der Waals surface area contributed by atoms with Crippen LogP contribution < -0.4 is 9.47 Å². The highest BCUT2D eigenvalue weighted by atomic mass is 16.5. The number of carbonyl (C=O) groups excluding carboxylic acids is 1. The summed E-state index contributed by atoms with van der Waals surface area (Å²) < 4.78 is 11.3. The molecule has 0 unspecified atom stereocenters. The number of unbranched alkanes of at least 4 members (excludes halogenated alkanes) is 13. The van der Waals surface area contributed by atoms with Crippen LogP contribution in [-0.4, -0.2) is 12.6 Å². The molecule has 2 aromatic carbocycles. The summed E-state index contributed by atoms with van der Waals surface area (Å²) in [5, 5.41) is 0. The van der Waals surface area contributed by atoms with Crippen molar-refractivity contribution in [1.29, 1.82) is 0 Å². The lowest BCUT2D eigenvalue weighted by Crippen LogP contribution is -2.08. The van der Waals surface area contributed by atoms with Crippen molar-refractivity contribution >= 4 is 12.0 Å². The Balaban J connectivity index is 1.49. The van der Waals surface area contributed by atoms with Gasteiger partial charge in [-0.2, -0.15) is 0 Å². The minimum absolute atomic E-state index is 0.339. The standard InChI is InChI=1S/C32H46O3/c1-3-4-5-6-7-8-9-10-11-12-13-14-15-19-26-34-30-24-22-29(23-25-30)27-28(2)32(33)35-31-20-17-16-18-21-31/h16-18,20-25,27H,3-15,19,26H2,1-2H3/b28-27+. The average Bonchev–Trinajstić information content (AvgIpc) is 2.88. The number of esters is 1. The van der Waals surface area contributed by atoms with Crippen molar-refractivity contribution in [1.82, 2.24) is 0 Å². The van der Waals surface area contributed by atoms with Gasteiger partial charge in [-0.15, -0.1) is 0 Å². The maximum absolute atomic E-state index is 12.2. The topological polar surface area (TPSA) is 35.5 Å². The fourth-order valence-electron chi connectivity index (χ4n) is 4.13. The first kappa shape index (κ1) is 28.7. The first-order chi connectivity index (χ1) is 17.2. The van der Waals surface area contributed by atoms with Crippen molar-refractivity contribution in [2.45, 2.75) is 104 Å². The number of carbonyl (C=O) groups is 1. The van der Waals surface area contributed by atoms with Gasteiger partial charge >= 0.3 is 5.97 Å². The molecule has 192 valence electrons. The Morgan fingerprint density at radius 3 is 1.71 bits per heavy atom. The molecule has 0 aliphatic carbocycles. The van der Waals surface area contributed by atoms with Crippen LogP contribution in [0, 0.1) is 0 Å². The first-order valence-corrected chi connectivity index (χ1v) is 13.9. The van der Waals surface area contributed by atoms with Gasteiger partial charge in [0.05, 0.1) is 6.61 Å². The van der Waals surface area contributed by atoms with Crippen molar-refractivity contribution in [2.24, 2.45) is 0 Å². The van der Waals surface area contributed by atoms with E-state index in [-0.39, 0.29) is 5.97 Å². The highest BCUT2D eigenvalue weighted by Crippen LogP contribution is 2.17. The SMILES string of the molecule is CCCCCCCCCCCCCCCCOc1ccc(/C=C(\C)C(=O)Oc2ccccc2)cc1. The first-order valence-electron chi connectivity index (χ1n) is 13.9. The normalized spacial score (nSPS) is 11.4. The van der Waals surface area contributed by atoms with Gasteiger partial charge in [-0.1, -0.05) is 121 Å². The Hall–Kier alpha value is -2.55. The quantitative estimate of drug-likeness (QED) is 0.0872. The predicted octanol–water partition coefficient (Wildman–Crippen LogP) is 9.56. The molecule has 3 heteroatoms. The summed E-state index contributed by atoms with van der Waals surface area (Å²) in [4.78, 5) is 12.2. The van der Waals surface area contributed by atoms with Crippen molar-refractivity contribution < 1.29 is 14.3 Å². The van der Waals surface area contributed by atoms with Crippen LogP contribution in [0.2, 0.25) is 0 Å². The van der Waals surface area contributed by atoms with Crippen molar-refractivity contribution in [3.63, 3.8) is 0 Å². The zero-order chi connectivity index (χ0) is 25.0. The molecule has 0 atom stereocenters. The summed E-state index contributed by atoms with van der Waals surface area (Å²) in [7, 11) is 0. The summed E-state index contributed by atoms with van der Waals surface area (Å²) in [5.74, 6) is 1.09. The Bertz CT molecular complexity index is 824. The molecule has 0 radical (unpaired) electrons. The molecule has 0 N–H and O–H groups in total. The Morgan fingerprint density at radius 1 is 0.657 bits per heavy atom. The molecular weight excluding hydrogens is 432 g/mol. The van der Waals surface area contributed by atoms with E-state index in [1.165, 1.54) is 83.5 Å². The molecule has 2 aromatic rings. The summed E-state index contributed by atoms with van der Waals surface area (Å²) in [6.07, 6.45) is 20.9. The van der Waals surface area contributed by atoms with E-state index in [1.807, 2.05) is 48.5 Å². The van der Waals surface area contributed by atoms with Crippen LogP contribution in [-0.2, 0) is 4.79 Å². The lowest BCUT2D eigenvalue weighted by molar-refractivity contribution is -0.130. The summed E-state index contributed by atoms with van der Waals surface area (Å²) in [6, 6.07) is 17.0. The largest absolute Gasteiger partial charge is 0.494 e. The van der Waals surface area contributed by atoms with Gasteiger partial charge in [0.2, 0.25) is 0 Å². The van der Waals surface area contributed by atoms with Gasteiger partial charge in [0.1, 0.15) is 11.5 Å². The number of hydrogen-bond donors (Lipinski definition) is 0. The van der Waals surface area contributed by atoms with Crippen molar-refractivity contribution in [2.75, 3.05) is 6.61 Å². The molecular formula is C32H46O3. The van der Waals surface area contributed by atoms with Crippen molar-refractivity contribution in [3.05, 3.63) is 65.7 Å². The zero-order valence-electron chi connectivity index (χ0n) is 22.1. The second kappa shape index (κ2) is 18.7. The predicted molar refractivity (Wildman–Crippen MR) is 148 cm³/mol. The summed E-state index contributed by atoms with van der Waals surface area (Å²) >= 11 is 0. The van der Waals surface area contributed by atoms with Crippen LogP contribution >= 0.6 is 0 Å². The highest BCUT2D eigenvalue weighted by molar-refractivity contribution is 5.94. The number of para-hydroxylation sites is 1. The van der Waals surface area contributed by atoms with E-state index >= 15 is 0 Å². The number of benzene rings is 2. The Kier molecular flexibility index (Phi) is 15.4. The molecule has 0 aliphatic rings. The number of rotatable bonds is 19. The van der Waals surface area contributed by atoms with E-state index in [1.54, 1.807) is 19.1 Å². The van der Waals surface area contributed by atoms with Crippen LogP contribution in [0.1, 0.15) is 109 Å². The van der Waals surface area contributed by atoms with Gasteiger partial charge < -0.3 is 9.47 Å². The number of ether oxygens (including phenoxy) is 2. The van der Waals surface area contributed by atoms with E-state index in [2.05, 4.69) is 6.92 Å². The third-order valence-corrected chi connectivity index (χ3v) is 6.31. The van der Waals surface area contributed by atoms with Crippen LogP contribution in [0.25, 0.3) is 6.08 Å². The van der Waals surface area contributed by atoms with Gasteiger partial charge in [0.15, 0.2) is 0 Å². The van der Waals surface area contributed by atoms with Crippen LogP contribution in [0.15, 0.2) is 60.2 Å². The average molecular weight is 479 g/mol. The number of hydrogen-bond acceptors (Lipinski definition) is 3. The molecule has 0 aliphatic heterocycles. The Labute approximate surface area is 213 Å². The fraction of sp³-hybridized carbons (Fsp3) is 0.531. The molecule has 0 heterocycles. The van der Waals surface area contributed by atoms with Gasteiger partial charge in [-0.3, -0.25) is 0 Å². The van der Waals surface area contributed by atoms with E-state index in [9.17, 15) is 4.79 Å². The maximum atomic E-state index is 12.2. The zero-order valence-corrected chi connectivity index (χ0v) is 22.1. The monoisotopic (exact) mass is 478 g/mol. The molecule has 0 spiro atoms. The molecule has 0 bridgehead atoms. The van der Waals surface area contributed by atoms with E-state index < -0.39 is 0 Å². The second-order valence-electron chi connectivity index (χ2n) is 9.54. The smallest absolute Gasteiger partial charge is 0.339 e. The maximum Gasteiger partial charge on any atom is 0.339 e. The third-order valence-electron chi connectivity index (χ3n) is 6.31. The minimum atomic E-state index is -0.339. The van der Waals surface area contributed by atoms with Crippen LogP contribution in [0.5, 0.6) is 11.5 Å². The van der Waals surface area contributed by atoms with Gasteiger partial charge in [-0.25, -0.2) is 4.79 Å². The van der Waals surface area contributed by atoms with E-state index in [4.69, 9.17) is 9.47 Å². The molecule has 0 amide bonds. The molecule has 0 fully saturated rings. The lowest BCUT2D eigenvalue weighted by Gasteiger charge is -2.07. The third kappa shape index (κ3) is 13.8. The summed E-state index contributed by atoms with van der Waals surface area (Å²) in [6.45, 7) is 4.81. The molecule has 0 saturated carbocycles.